The molecule has 0 bridgehead atoms. The fourth-order valence-corrected chi connectivity index (χ4v) is 0.465. The topological polar surface area (TPSA) is 17.1 Å². The predicted octanol–water partition coefficient (Wildman–Crippen LogP) is 1.29. The van der Waals surface area contributed by atoms with E-state index >= 15 is 0 Å². The summed E-state index contributed by atoms with van der Waals surface area (Å²) in [6, 6.07) is 0. The summed E-state index contributed by atoms with van der Waals surface area (Å²) in [6.45, 7) is 1.58. The number of Topliss-reactive ketones (excluding diaryl/α,β-unsaturated/α-hetero) is 1. The lowest BCUT2D eigenvalue weighted by molar-refractivity contribution is -0.117. The summed E-state index contributed by atoms with van der Waals surface area (Å²) in [7, 11) is 0. The maximum Gasteiger partial charge on any atom is 0.129 e. The van der Waals surface area contributed by atoms with E-state index in [0.29, 0.717) is 6.42 Å². The zero-order valence-corrected chi connectivity index (χ0v) is 5.25. The van der Waals surface area contributed by atoms with E-state index in [4.69, 9.17) is 1.12 Å². The van der Waals surface area contributed by atoms with Crippen LogP contribution < -0.4 is 0 Å². The zero-order chi connectivity index (χ0) is 6.41. The molecule has 0 saturated heterocycles. The fraction of sp³-hybridized carbons (Fsp3) is 0.800. The number of carbonyl (C=O) groups excluding carboxylic acids is 1. The highest BCUT2D eigenvalue weighted by molar-refractivity contribution is 7.80. The monoisotopic (exact) mass is 120 g/mol. The van der Waals surface area contributed by atoms with Crippen molar-refractivity contribution < 1.29 is 4.79 Å². The summed E-state index contributed by atoms with van der Waals surface area (Å²) in [5.41, 5.74) is 0. The van der Waals surface area contributed by atoms with Crippen molar-refractivity contribution in [1.29, 1.82) is 1.12 Å². The fourth-order valence-electron chi connectivity index (χ4n) is 0.321. The van der Waals surface area contributed by atoms with E-state index in [2.05, 4.69) is 0 Å². The van der Waals surface area contributed by atoms with Crippen molar-refractivity contribution >= 4 is 18.3 Å². The average molecular weight is 120 g/mol. The molecule has 1 nitrogen and oxygen atoms in total. The molecule has 0 atom stereocenters. The largest absolute Gasteiger partial charge is 0.300 e. The molecule has 0 fully saturated rings. The first kappa shape index (κ1) is 5.16. The van der Waals surface area contributed by atoms with Gasteiger partial charge in [0.05, 0.1) is 0 Å². The van der Waals surface area contributed by atoms with Gasteiger partial charge in [0.15, 0.2) is 0 Å². The van der Waals surface area contributed by atoms with Gasteiger partial charge in [-0.1, -0.05) is 0 Å². The molecule has 7 heavy (non-hydrogen) atoms. The van der Waals surface area contributed by atoms with Crippen LogP contribution in [0.3, 0.4) is 0 Å². The van der Waals surface area contributed by atoms with Gasteiger partial charge in [-0.25, -0.2) is 0 Å². The molecular formula is C5H10OS. The maximum atomic E-state index is 10.2. The molecule has 0 aliphatic carbocycles. The number of hydrogen-bond acceptors (Lipinski definition) is 2. The lowest BCUT2D eigenvalue weighted by Crippen LogP contribution is -1.88. The first-order valence-corrected chi connectivity index (χ1v) is 2.92. The smallest absolute Gasteiger partial charge is 0.129 e. The van der Waals surface area contributed by atoms with Crippen LogP contribution in [0.1, 0.15) is 19.8 Å². The standard InChI is InChI=1S/C5H10OS/c1-5(6)3-2-4-7/h7H,2-4H2,1H3/i/hT. The highest BCUT2D eigenvalue weighted by Crippen LogP contribution is 1.90. The van der Waals surface area contributed by atoms with Crippen molar-refractivity contribution in [1.82, 2.24) is 0 Å². The highest BCUT2D eigenvalue weighted by atomic mass is 32.1. The Morgan fingerprint density at radius 1 is 2.00 bits per heavy atom. The summed E-state index contributed by atoms with van der Waals surface area (Å²) in [5.74, 6) is 0.999. The van der Waals surface area contributed by atoms with Gasteiger partial charge in [0.2, 0.25) is 0 Å². The van der Waals surface area contributed by atoms with Crippen molar-refractivity contribution in [3.05, 3.63) is 0 Å². The predicted molar refractivity (Wildman–Crippen MR) is 33.8 cm³/mol. The number of carbonyl (C=O) groups is 1. The summed E-state index contributed by atoms with van der Waals surface area (Å²) < 4.78 is 6.65. The Morgan fingerprint density at radius 2 is 2.71 bits per heavy atom. The molecule has 0 rings (SSSR count). The third kappa shape index (κ3) is 6.02. The molecule has 0 radical (unpaired) electrons. The number of rotatable bonds is 4. The van der Waals surface area contributed by atoms with E-state index in [-0.39, 0.29) is 5.78 Å². The lowest BCUT2D eigenvalue weighted by atomic mass is 10.3. The molecule has 0 saturated carbocycles. The van der Waals surface area contributed by atoms with Crippen LogP contribution in [-0.2, 0) is 4.79 Å². The molecule has 0 N–H and O–H groups in total. The highest BCUT2D eigenvalue weighted by Gasteiger charge is 1.87. The van der Waals surface area contributed by atoms with Gasteiger partial charge in [-0.05, 0) is 19.1 Å². The Bertz CT molecular complexity index is 74.8. The number of thiol groups is 1. The van der Waals surface area contributed by atoms with Gasteiger partial charge in [0.25, 0.3) is 0 Å². The molecule has 0 aromatic carbocycles. The molecule has 42 valence electrons. The molecule has 0 aromatic rings. The minimum atomic E-state index is 0.221. The van der Waals surface area contributed by atoms with Crippen LogP contribution in [0.2, 0.25) is 0 Å². The molecule has 2 heteroatoms. The maximum absolute atomic E-state index is 10.2. The van der Waals surface area contributed by atoms with Crippen molar-refractivity contribution in [3.8, 4) is 0 Å². The van der Waals surface area contributed by atoms with Gasteiger partial charge in [-0.2, -0.15) is 12.5 Å². The van der Waals surface area contributed by atoms with Gasteiger partial charge >= 0.3 is 0 Å². The van der Waals surface area contributed by atoms with E-state index in [1.54, 1.807) is 6.92 Å². The van der Waals surface area contributed by atoms with Crippen LogP contribution in [0, 0.1) is 0 Å². The van der Waals surface area contributed by atoms with Crippen LogP contribution in [0.5, 0.6) is 0 Å². The Hall–Kier alpha value is 0.0200. The van der Waals surface area contributed by atoms with Crippen LogP contribution in [0.4, 0.5) is 0 Å². The van der Waals surface area contributed by atoms with Crippen LogP contribution in [0.15, 0.2) is 0 Å². The van der Waals surface area contributed by atoms with Crippen molar-refractivity contribution in [2.24, 2.45) is 0 Å². The molecule has 0 spiro atoms. The zero-order valence-electron chi connectivity index (χ0n) is 5.44. The van der Waals surface area contributed by atoms with Gasteiger partial charge < -0.3 is 4.79 Å². The Kier molecular flexibility index (Phi) is 3.09. The van der Waals surface area contributed by atoms with Crippen molar-refractivity contribution in [2.75, 3.05) is 5.75 Å². The number of hydrogen-bond donors (Lipinski definition) is 1. The summed E-state index contributed by atoms with van der Waals surface area (Å²) in [6.07, 6.45) is 1.48. The first-order valence-electron chi connectivity index (χ1n) is 2.75. The third-order valence-electron chi connectivity index (χ3n) is 0.673. The molecule has 0 unspecified atom stereocenters. The molecular weight excluding hydrogens is 108 g/mol. The van der Waals surface area contributed by atoms with Crippen LogP contribution >= 0.6 is 12.5 Å². The van der Waals surface area contributed by atoms with Crippen molar-refractivity contribution in [2.45, 2.75) is 19.8 Å². The van der Waals surface area contributed by atoms with E-state index in [1.165, 1.54) is 0 Å². The normalized spacial score (nSPS) is 10.7. The second-order valence-electron chi connectivity index (χ2n) is 1.51. The Morgan fingerprint density at radius 3 is 3.14 bits per heavy atom. The second kappa shape index (κ2) is 4.19. The van der Waals surface area contributed by atoms with E-state index < -0.39 is 0 Å². The average Bonchev–Trinajstić information content (AvgIpc) is 1.66. The van der Waals surface area contributed by atoms with Gasteiger partial charge in [0.1, 0.15) is 6.91 Å². The van der Waals surface area contributed by atoms with Crippen molar-refractivity contribution in [3.63, 3.8) is 0 Å². The van der Waals surface area contributed by atoms with E-state index in [1.807, 2.05) is 0 Å². The lowest BCUT2D eigenvalue weighted by Gasteiger charge is -1.86. The molecule has 0 aliphatic rings. The van der Waals surface area contributed by atoms with E-state index in [9.17, 15) is 4.79 Å². The first-order chi connectivity index (χ1) is 3.77. The molecule has 0 amide bonds. The quantitative estimate of drug-likeness (QED) is 0.437. The minimum absolute atomic E-state index is 0.221. The number of ketones is 1. The Balaban J connectivity index is 2.82. The summed E-state index contributed by atoms with van der Waals surface area (Å²) in [5, 5.41) is 0. The van der Waals surface area contributed by atoms with Crippen LogP contribution in [-0.4, -0.2) is 12.7 Å². The van der Waals surface area contributed by atoms with Gasteiger partial charge in [-0.3, -0.25) is 0 Å². The second-order valence-corrected chi connectivity index (χ2v) is 1.92. The third-order valence-corrected chi connectivity index (χ3v) is 0.962. The summed E-state index contributed by atoms with van der Waals surface area (Å²) >= 11 is 1.04. The van der Waals surface area contributed by atoms with Gasteiger partial charge in [0, 0.05) is 6.42 Å². The summed E-state index contributed by atoms with van der Waals surface area (Å²) in [4.78, 5) is 10.2. The van der Waals surface area contributed by atoms with Gasteiger partial charge in [-0.15, -0.1) is 0 Å². The minimum Gasteiger partial charge on any atom is -0.300 e. The van der Waals surface area contributed by atoms with E-state index in [0.717, 1.165) is 24.7 Å². The van der Waals surface area contributed by atoms with Crippen LogP contribution in [0.25, 0.3) is 0 Å². The molecule has 0 heterocycles. The molecule has 0 aromatic heterocycles. The molecule has 0 aliphatic heterocycles. The SMILES string of the molecule is [3H]SCCCC(C)=O. The Labute approximate surface area is 50.6 Å².